The number of imidazole rings is 1. The van der Waals surface area contributed by atoms with E-state index in [1.807, 2.05) is 31.6 Å². The summed E-state index contributed by atoms with van der Waals surface area (Å²) < 4.78 is 7.65. The molecular weight excluding hydrogens is 226 g/mol. The van der Waals surface area contributed by atoms with Crippen LogP contribution in [0.2, 0.25) is 0 Å². The Morgan fingerprint density at radius 2 is 2.22 bits per heavy atom. The van der Waals surface area contributed by atoms with E-state index in [1.54, 1.807) is 6.26 Å². The Bertz CT molecular complexity index is 654. The molecule has 1 N–H and O–H groups in total. The van der Waals surface area contributed by atoms with Gasteiger partial charge in [-0.05, 0) is 25.2 Å². The first-order valence-electron chi connectivity index (χ1n) is 5.97. The Labute approximate surface area is 105 Å². The molecule has 18 heavy (non-hydrogen) atoms. The van der Waals surface area contributed by atoms with Crippen LogP contribution >= 0.6 is 0 Å². The molecule has 1 aromatic carbocycles. The Morgan fingerprint density at radius 3 is 3.11 bits per heavy atom. The molecule has 4 nitrogen and oxygen atoms in total. The van der Waals surface area contributed by atoms with Gasteiger partial charge in [0.2, 0.25) is 0 Å². The van der Waals surface area contributed by atoms with E-state index in [0.29, 0.717) is 6.54 Å². The summed E-state index contributed by atoms with van der Waals surface area (Å²) in [5, 5.41) is 3.11. The molecule has 0 amide bonds. The van der Waals surface area contributed by atoms with Gasteiger partial charge >= 0.3 is 0 Å². The number of furan rings is 1. The first-order valence-corrected chi connectivity index (χ1v) is 5.97. The van der Waals surface area contributed by atoms with Gasteiger partial charge in [-0.15, -0.1) is 0 Å². The molecule has 0 aliphatic carbocycles. The highest BCUT2D eigenvalue weighted by molar-refractivity contribution is 5.74. The maximum absolute atomic E-state index is 5.55. The third kappa shape index (κ3) is 2.02. The lowest BCUT2D eigenvalue weighted by Crippen LogP contribution is -2.03. The summed E-state index contributed by atoms with van der Waals surface area (Å²) in [7, 11) is 1.93. The quantitative estimate of drug-likeness (QED) is 0.762. The van der Waals surface area contributed by atoms with Crippen LogP contribution in [0.25, 0.3) is 11.0 Å². The highest BCUT2D eigenvalue weighted by Crippen LogP contribution is 2.15. The predicted molar refractivity (Wildman–Crippen MR) is 70.3 cm³/mol. The molecule has 0 saturated carbocycles. The molecule has 4 heteroatoms. The normalized spacial score (nSPS) is 11.2. The summed E-state index contributed by atoms with van der Waals surface area (Å²) in [4.78, 5) is 4.37. The Hall–Kier alpha value is -2.07. The zero-order valence-electron chi connectivity index (χ0n) is 10.3. The third-order valence-electron chi connectivity index (χ3n) is 2.94. The van der Waals surface area contributed by atoms with Crippen molar-refractivity contribution in [2.75, 3.05) is 7.05 Å². The van der Waals surface area contributed by atoms with Crippen LogP contribution in [0, 0.1) is 0 Å². The van der Waals surface area contributed by atoms with Crippen LogP contribution in [-0.2, 0) is 13.1 Å². The van der Waals surface area contributed by atoms with Gasteiger partial charge in [0, 0.05) is 12.1 Å². The van der Waals surface area contributed by atoms with Crippen LogP contribution in [0.3, 0.4) is 0 Å². The molecule has 3 aromatic rings. The van der Waals surface area contributed by atoms with Crippen molar-refractivity contribution in [2.45, 2.75) is 13.1 Å². The highest BCUT2D eigenvalue weighted by atomic mass is 16.3. The second kappa shape index (κ2) is 4.66. The summed E-state index contributed by atoms with van der Waals surface area (Å²) in [5.41, 5.74) is 3.31. The van der Waals surface area contributed by atoms with E-state index in [0.717, 1.165) is 28.9 Å². The first kappa shape index (κ1) is 11.0. The van der Waals surface area contributed by atoms with E-state index >= 15 is 0 Å². The van der Waals surface area contributed by atoms with E-state index in [4.69, 9.17) is 4.42 Å². The fraction of sp³-hybridized carbons (Fsp3) is 0.214. The summed E-state index contributed by atoms with van der Waals surface area (Å²) >= 11 is 0. The highest BCUT2D eigenvalue weighted by Gasteiger charge is 2.05. The van der Waals surface area contributed by atoms with Gasteiger partial charge in [-0.3, -0.25) is 0 Å². The summed E-state index contributed by atoms with van der Waals surface area (Å²) in [6.07, 6.45) is 3.65. The number of nitrogens with zero attached hydrogens (tertiary/aromatic N) is 2. The third-order valence-corrected chi connectivity index (χ3v) is 2.94. The first-order chi connectivity index (χ1) is 8.86. The predicted octanol–water partition coefficient (Wildman–Crippen LogP) is 2.40. The van der Waals surface area contributed by atoms with Gasteiger partial charge < -0.3 is 14.3 Å². The SMILES string of the molecule is CNCc1coc(Cn2cnc3ccccc32)c1. The topological polar surface area (TPSA) is 43.0 Å². The van der Waals surface area contributed by atoms with Crippen molar-refractivity contribution in [2.24, 2.45) is 0 Å². The zero-order valence-corrected chi connectivity index (χ0v) is 10.3. The lowest BCUT2D eigenvalue weighted by atomic mass is 10.3. The number of hydrogen-bond donors (Lipinski definition) is 1. The van der Waals surface area contributed by atoms with Gasteiger partial charge in [0.25, 0.3) is 0 Å². The van der Waals surface area contributed by atoms with Gasteiger partial charge in [-0.1, -0.05) is 12.1 Å². The fourth-order valence-electron chi connectivity index (χ4n) is 2.11. The molecule has 0 saturated heterocycles. The molecule has 0 bridgehead atoms. The number of para-hydroxylation sites is 2. The lowest BCUT2D eigenvalue weighted by molar-refractivity contribution is 0.494. The molecular formula is C14H15N3O. The van der Waals surface area contributed by atoms with Crippen LogP contribution in [0.15, 0.2) is 47.3 Å². The van der Waals surface area contributed by atoms with E-state index in [-0.39, 0.29) is 0 Å². The minimum atomic E-state index is 0.713. The van der Waals surface area contributed by atoms with Gasteiger partial charge in [0.15, 0.2) is 0 Å². The Balaban J connectivity index is 1.87. The second-order valence-corrected chi connectivity index (χ2v) is 4.31. The van der Waals surface area contributed by atoms with E-state index in [9.17, 15) is 0 Å². The van der Waals surface area contributed by atoms with Crippen LogP contribution in [0.1, 0.15) is 11.3 Å². The van der Waals surface area contributed by atoms with Crippen LogP contribution in [0.4, 0.5) is 0 Å². The van der Waals surface area contributed by atoms with Crippen LogP contribution in [0.5, 0.6) is 0 Å². The molecule has 2 heterocycles. The molecule has 3 rings (SSSR count). The second-order valence-electron chi connectivity index (χ2n) is 4.31. The molecule has 2 aromatic heterocycles. The number of aromatic nitrogens is 2. The molecule has 0 fully saturated rings. The Morgan fingerprint density at radius 1 is 1.33 bits per heavy atom. The van der Waals surface area contributed by atoms with Gasteiger partial charge in [-0.25, -0.2) is 4.98 Å². The minimum absolute atomic E-state index is 0.713. The van der Waals surface area contributed by atoms with Crippen LogP contribution < -0.4 is 5.32 Å². The fourth-order valence-corrected chi connectivity index (χ4v) is 2.11. The number of benzene rings is 1. The van der Waals surface area contributed by atoms with Crippen molar-refractivity contribution in [3.8, 4) is 0 Å². The standard InChI is InChI=1S/C14H15N3O/c1-15-7-11-6-12(18-9-11)8-17-10-16-13-4-2-3-5-14(13)17/h2-6,9-10,15H,7-8H2,1H3. The number of fused-ring (bicyclic) bond motifs is 1. The summed E-state index contributed by atoms with van der Waals surface area (Å²) in [5.74, 6) is 0.948. The van der Waals surface area contributed by atoms with Crippen LogP contribution in [-0.4, -0.2) is 16.6 Å². The average molecular weight is 241 g/mol. The molecule has 0 atom stereocenters. The van der Waals surface area contributed by atoms with E-state index in [2.05, 4.69) is 27.0 Å². The number of nitrogens with one attached hydrogen (secondary N) is 1. The van der Waals surface area contributed by atoms with Gasteiger partial charge in [0.1, 0.15) is 5.76 Å². The minimum Gasteiger partial charge on any atom is -0.467 e. The van der Waals surface area contributed by atoms with E-state index in [1.165, 1.54) is 0 Å². The largest absolute Gasteiger partial charge is 0.467 e. The Kier molecular flexibility index (Phi) is 2.86. The molecule has 92 valence electrons. The number of hydrogen-bond acceptors (Lipinski definition) is 3. The maximum Gasteiger partial charge on any atom is 0.123 e. The number of rotatable bonds is 4. The van der Waals surface area contributed by atoms with Crippen molar-refractivity contribution in [1.29, 1.82) is 0 Å². The van der Waals surface area contributed by atoms with Gasteiger partial charge in [-0.2, -0.15) is 0 Å². The molecule has 0 unspecified atom stereocenters. The average Bonchev–Trinajstić information content (AvgIpc) is 2.99. The van der Waals surface area contributed by atoms with Gasteiger partial charge in [0.05, 0.1) is 30.2 Å². The summed E-state index contributed by atoms with van der Waals surface area (Å²) in [6.45, 7) is 1.54. The van der Waals surface area contributed by atoms with Crippen molar-refractivity contribution in [3.63, 3.8) is 0 Å². The summed E-state index contributed by atoms with van der Waals surface area (Å²) in [6, 6.07) is 10.2. The van der Waals surface area contributed by atoms with Crippen molar-refractivity contribution < 1.29 is 4.42 Å². The zero-order chi connectivity index (χ0) is 12.4. The monoisotopic (exact) mass is 241 g/mol. The smallest absolute Gasteiger partial charge is 0.123 e. The van der Waals surface area contributed by atoms with Crippen molar-refractivity contribution >= 4 is 11.0 Å². The van der Waals surface area contributed by atoms with Crippen molar-refractivity contribution in [1.82, 2.24) is 14.9 Å². The lowest BCUT2D eigenvalue weighted by Gasteiger charge is -2.00. The molecule has 0 spiro atoms. The molecule has 0 radical (unpaired) electrons. The molecule has 0 aliphatic rings. The molecule has 0 aliphatic heterocycles. The van der Waals surface area contributed by atoms with Crippen molar-refractivity contribution in [3.05, 3.63) is 54.2 Å². The van der Waals surface area contributed by atoms with E-state index < -0.39 is 0 Å². The maximum atomic E-state index is 5.55.